The van der Waals surface area contributed by atoms with Crippen molar-refractivity contribution >= 4 is 5.95 Å². The smallest absolute Gasteiger partial charge is 0.247 e. The third kappa shape index (κ3) is 2.73. The van der Waals surface area contributed by atoms with Crippen molar-refractivity contribution in [3.8, 4) is 5.69 Å². The maximum absolute atomic E-state index is 9.51. The molecule has 0 amide bonds. The molecule has 100 valence electrons. The van der Waals surface area contributed by atoms with Crippen LogP contribution in [-0.2, 0) is 0 Å². The van der Waals surface area contributed by atoms with Crippen LogP contribution in [0.4, 0.5) is 5.95 Å². The predicted octanol–water partition coefficient (Wildman–Crippen LogP) is 1.38. The van der Waals surface area contributed by atoms with Crippen molar-refractivity contribution in [2.45, 2.75) is 37.8 Å². The highest BCUT2D eigenvalue weighted by atomic mass is 16.3. The highest BCUT2D eigenvalue weighted by Gasteiger charge is 2.21. The number of nitrogens with one attached hydrogen (secondary N) is 1. The van der Waals surface area contributed by atoms with Gasteiger partial charge in [0.2, 0.25) is 5.95 Å². The maximum Gasteiger partial charge on any atom is 0.247 e. The number of aliphatic hydroxyl groups excluding tert-OH is 1. The number of hydrogen-bond acceptors (Lipinski definition) is 5. The predicted molar refractivity (Wildman–Crippen MR) is 71.0 cm³/mol. The van der Waals surface area contributed by atoms with Crippen molar-refractivity contribution < 1.29 is 5.11 Å². The summed E-state index contributed by atoms with van der Waals surface area (Å²) in [5.74, 6) is 0.660. The molecule has 0 unspecified atom stereocenters. The number of benzene rings is 1. The van der Waals surface area contributed by atoms with Gasteiger partial charge in [-0.3, -0.25) is 0 Å². The zero-order chi connectivity index (χ0) is 13.1. The van der Waals surface area contributed by atoms with Crippen molar-refractivity contribution in [1.82, 2.24) is 20.2 Å². The molecule has 1 aliphatic rings. The van der Waals surface area contributed by atoms with E-state index in [-0.39, 0.29) is 6.10 Å². The van der Waals surface area contributed by atoms with Gasteiger partial charge < -0.3 is 10.4 Å². The van der Waals surface area contributed by atoms with E-state index in [1.54, 1.807) is 4.68 Å². The second-order valence-electron chi connectivity index (χ2n) is 4.90. The van der Waals surface area contributed by atoms with Gasteiger partial charge in [0.15, 0.2) is 0 Å². The molecule has 1 heterocycles. The molecule has 2 N–H and O–H groups in total. The summed E-state index contributed by atoms with van der Waals surface area (Å²) in [6, 6.07) is 10.1. The zero-order valence-corrected chi connectivity index (χ0v) is 10.6. The minimum Gasteiger partial charge on any atom is -0.393 e. The topological polar surface area (TPSA) is 75.9 Å². The first kappa shape index (κ1) is 12.1. The highest BCUT2D eigenvalue weighted by molar-refractivity contribution is 5.38. The van der Waals surface area contributed by atoms with Crippen LogP contribution in [0.1, 0.15) is 25.7 Å². The molecule has 2 aromatic rings. The molecule has 1 aliphatic carbocycles. The van der Waals surface area contributed by atoms with Crippen LogP contribution in [0.5, 0.6) is 0 Å². The number of rotatable bonds is 3. The van der Waals surface area contributed by atoms with Crippen LogP contribution in [0, 0.1) is 0 Å². The Balaban J connectivity index is 1.74. The van der Waals surface area contributed by atoms with E-state index in [1.165, 1.54) is 0 Å². The van der Waals surface area contributed by atoms with E-state index >= 15 is 0 Å². The molecule has 6 heteroatoms. The normalized spacial score (nSPS) is 23.2. The van der Waals surface area contributed by atoms with Gasteiger partial charge in [-0.15, -0.1) is 0 Å². The molecular weight excluding hydrogens is 242 g/mol. The van der Waals surface area contributed by atoms with Crippen molar-refractivity contribution in [2.75, 3.05) is 5.32 Å². The van der Waals surface area contributed by atoms with Crippen LogP contribution in [-0.4, -0.2) is 37.5 Å². The number of hydrogen-bond donors (Lipinski definition) is 2. The number of aliphatic hydroxyl groups is 1. The molecular formula is C13H17N5O. The van der Waals surface area contributed by atoms with Gasteiger partial charge in [-0.05, 0) is 48.2 Å². The van der Waals surface area contributed by atoms with Crippen molar-refractivity contribution in [3.05, 3.63) is 30.3 Å². The monoisotopic (exact) mass is 259 g/mol. The van der Waals surface area contributed by atoms with E-state index in [0.29, 0.717) is 12.0 Å². The van der Waals surface area contributed by atoms with E-state index in [9.17, 15) is 5.11 Å². The lowest BCUT2D eigenvalue weighted by atomic mass is 9.93. The lowest BCUT2D eigenvalue weighted by Crippen LogP contribution is -2.29. The first-order valence-electron chi connectivity index (χ1n) is 6.61. The number of para-hydroxylation sites is 1. The van der Waals surface area contributed by atoms with E-state index in [0.717, 1.165) is 31.4 Å². The Bertz CT molecular complexity index is 519. The van der Waals surface area contributed by atoms with Gasteiger partial charge in [-0.2, -0.15) is 4.68 Å². The van der Waals surface area contributed by atoms with E-state index in [1.807, 2.05) is 30.3 Å². The highest BCUT2D eigenvalue weighted by Crippen LogP contribution is 2.21. The first-order chi connectivity index (χ1) is 9.33. The quantitative estimate of drug-likeness (QED) is 0.871. The summed E-state index contributed by atoms with van der Waals surface area (Å²) in [6.07, 6.45) is 3.42. The third-order valence-electron chi connectivity index (χ3n) is 3.50. The Morgan fingerprint density at radius 2 is 1.84 bits per heavy atom. The maximum atomic E-state index is 9.51. The van der Waals surface area contributed by atoms with Crippen molar-refractivity contribution in [3.63, 3.8) is 0 Å². The van der Waals surface area contributed by atoms with Gasteiger partial charge in [0.05, 0.1) is 11.8 Å². The molecule has 0 spiro atoms. The SMILES string of the molecule is OC1CCC(Nc2nnnn2-c2ccccc2)CC1. The lowest BCUT2D eigenvalue weighted by Gasteiger charge is -2.26. The van der Waals surface area contributed by atoms with Gasteiger partial charge in [0.1, 0.15) is 0 Å². The van der Waals surface area contributed by atoms with E-state index in [2.05, 4.69) is 20.8 Å². The minimum absolute atomic E-state index is 0.150. The molecule has 0 bridgehead atoms. The average Bonchev–Trinajstić information content (AvgIpc) is 2.90. The number of nitrogens with zero attached hydrogens (tertiary/aromatic N) is 4. The number of aromatic nitrogens is 4. The summed E-state index contributed by atoms with van der Waals surface area (Å²) in [6.45, 7) is 0. The molecule has 1 aromatic heterocycles. The minimum atomic E-state index is -0.150. The van der Waals surface area contributed by atoms with E-state index < -0.39 is 0 Å². The average molecular weight is 259 g/mol. The van der Waals surface area contributed by atoms with Crippen LogP contribution in [0.25, 0.3) is 5.69 Å². The Morgan fingerprint density at radius 1 is 1.11 bits per heavy atom. The second kappa shape index (κ2) is 5.36. The standard InChI is InChI=1S/C13H17N5O/c19-12-8-6-10(7-9-12)14-13-15-16-17-18(13)11-4-2-1-3-5-11/h1-5,10,12,19H,6-9H2,(H,14,15,17). The van der Waals surface area contributed by atoms with Crippen molar-refractivity contribution in [1.29, 1.82) is 0 Å². The number of anilines is 1. The van der Waals surface area contributed by atoms with Crippen LogP contribution < -0.4 is 5.32 Å². The molecule has 0 saturated heterocycles. The van der Waals surface area contributed by atoms with Gasteiger partial charge in [0.25, 0.3) is 0 Å². The summed E-state index contributed by atoms with van der Waals surface area (Å²) >= 11 is 0. The molecule has 0 radical (unpaired) electrons. The Labute approximate surface area is 111 Å². The molecule has 6 nitrogen and oxygen atoms in total. The Hall–Kier alpha value is -1.95. The number of tetrazole rings is 1. The molecule has 1 aromatic carbocycles. The largest absolute Gasteiger partial charge is 0.393 e. The Morgan fingerprint density at radius 3 is 2.58 bits per heavy atom. The van der Waals surface area contributed by atoms with Crippen molar-refractivity contribution in [2.24, 2.45) is 0 Å². The summed E-state index contributed by atoms with van der Waals surface area (Å²) < 4.78 is 1.70. The molecule has 19 heavy (non-hydrogen) atoms. The third-order valence-corrected chi connectivity index (χ3v) is 3.50. The lowest BCUT2D eigenvalue weighted by molar-refractivity contribution is 0.126. The summed E-state index contributed by atoms with van der Waals surface area (Å²) in [5.41, 5.74) is 0.936. The second-order valence-corrected chi connectivity index (χ2v) is 4.90. The fourth-order valence-corrected chi connectivity index (χ4v) is 2.42. The molecule has 0 aliphatic heterocycles. The first-order valence-corrected chi connectivity index (χ1v) is 6.61. The Kier molecular flexibility index (Phi) is 3.41. The molecule has 3 rings (SSSR count). The fourth-order valence-electron chi connectivity index (χ4n) is 2.42. The van der Waals surface area contributed by atoms with Gasteiger partial charge >= 0.3 is 0 Å². The summed E-state index contributed by atoms with van der Waals surface area (Å²) in [4.78, 5) is 0. The molecule has 1 fully saturated rings. The summed E-state index contributed by atoms with van der Waals surface area (Å²) in [5, 5.41) is 24.7. The van der Waals surface area contributed by atoms with Crippen LogP contribution >= 0.6 is 0 Å². The zero-order valence-electron chi connectivity index (χ0n) is 10.6. The molecule has 1 saturated carbocycles. The van der Waals surface area contributed by atoms with Gasteiger partial charge in [-0.1, -0.05) is 23.3 Å². The summed E-state index contributed by atoms with van der Waals surface area (Å²) in [7, 11) is 0. The van der Waals surface area contributed by atoms with Gasteiger partial charge in [0, 0.05) is 6.04 Å². The van der Waals surface area contributed by atoms with E-state index in [4.69, 9.17) is 0 Å². The van der Waals surface area contributed by atoms with Gasteiger partial charge in [-0.25, -0.2) is 0 Å². The van der Waals surface area contributed by atoms with Crippen LogP contribution in [0.15, 0.2) is 30.3 Å². The molecule has 0 atom stereocenters. The fraction of sp³-hybridized carbons (Fsp3) is 0.462. The van der Waals surface area contributed by atoms with Crippen LogP contribution in [0.2, 0.25) is 0 Å². The van der Waals surface area contributed by atoms with Crippen LogP contribution in [0.3, 0.4) is 0 Å².